The molecule has 0 saturated carbocycles. The lowest BCUT2D eigenvalue weighted by Crippen LogP contribution is -2.23. The number of hydrogen-bond donors (Lipinski definition) is 2. The summed E-state index contributed by atoms with van der Waals surface area (Å²) in [5, 5.41) is 19.7. The molecule has 1 rings (SSSR count). The van der Waals surface area contributed by atoms with Crippen molar-refractivity contribution in [3.8, 4) is 0 Å². The zero-order valence-corrected chi connectivity index (χ0v) is 10.1. The summed E-state index contributed by atoms with van der Waals surface area (Å²) in [4.78, 5) is 14.9. The first-order chi connectivity index (χ1) is 8.04. The molecular weight excluding hydrogens is 246 g/mol. The van der Waals surface area contributed by atoms with Gasteiger partial charge >= 0.3 is 5.97 Å². The number of aromatic nitrogens is 1. The highest BCUT2D eigenvalue weighted by molar-refractivity contribution is 6.29. The second kappa shape index (κ2) is 6.54. The van der Waals surface area contributed by atoms with Gasteiger partial charge in [0.05, 0.1) is 19.1 Å². The lowest BCUT2D eigenvalue weighted by atomic mass is 10.0. The molecule has 6 heteroatoms. The maximum atomic E-state index is 11.1. The van der Waals surface area contributed by atoms with Gasteiger partial charge in [0.2, 0.25) is 0 Å². The minimum absolute atomic E-state index is 0.240. The number of pyridine rings is 1. The van der Waals surface area contributed by atoms with Crippen LogP contribution in [0.5, 0.6) is 0 Å². The van der Waals surface area contributed by atoms with Crippen LogP contribution >= 0.6 is 11.6 Å². The van der Waals surface area contributed by atoms with Crippen molar-refractivity contribution in [1.29, 1.82) is 0 Å². The largest absolute Gasteiger partial charge is 0.466 e. The van der Waals surface area contributed by atoms with Gasteiger partial charge in [-0.1, -0.05) is 17.7 Å². The third-order valence-corrected chi connectivity index (χ3v) is 2.36. The molecule has 0 aliphatic carbocycles. The predicted octanol–water partition coefficient (Wildman–Crippen LogP) is 1.08. The molecule has 1 aromatic heterocycles. The van der Waals surface area contributed by atoms with E-state index in [0.717, 1.165) is 0 Å². The standard InChI is InChI=1S/C11H14ClNO4/c1-2-17-10(15)5-8(14)11(16)7-3-4-9(12)13-6-7/h3-4,6,8,11,14,16H,2,5H2,1H3. The summed E-state index contributed by atoms with van der Waals surface area (Å²) in [5.74, 6) is -0.555. The fourth-order valence-electron chi connectivity index (χ4n) is 1.29. The van der Waals surface area contributed by atoms with Gasteiger partial charge < -0.3 is 14.9 Å². The third kappa shape index (κ3) is 4.30. The smallest absolute Gasteiger partial charge is 0.308 e. The summed E-state index contributed by atoms with van der Waals surface area (Å²) >= 11 is 5.59. The quantitative estimate of drug-likeness (QED) is 0.611. The molecule has 0 fully saturated rings. The van der Waals surface area contributed by atoms with E-state index < -0.39 is 18.2 Å². The highest BCUT2D eigenvalue weighted by atomic mass is 35.5. The van der Waals surface area contributed by atoms with E-state index in [-0.39, 0.29) is 13.0 Å². The summed E-state index contributed by atoms with van der Waals surface area (Å²) in [6.45, 7) is 1.91. The van der Waals surface area contributed by atoms with Crippen LogP contribution in [0.1, 0.15) is 25.0 Å². The SMILES string of the molecule is CCOC(=O)CC(O)C(O)c1ccc(Cl)nc1. The van der Waals surface area contributed by atoms with E-state index in [4.69, 9.17) is 11.6 Å². The lowest BCUT2D eigenvalue weighted by molar-refractivity contribution is -0.147. The topological polar surface area (TPSA) is 79.7 Å². The number of aliphatic hydroxyl groups is 2. The molecule has 0 spiro atoms. The molecule has 94 valence electrons. The van der Waals surface area contributed by atoms with Gasteiger partial charge in [-0.2, -0.15) is 0 Å². The highest BCUT2D eigenvalue weighted by Crippen LogP contribution is 2.19. The third-order valence-electron chi connectivity index (χ3n) is 2.14. The van der Waals surface area contributed by atoms with Crippen molar-refractivity contribution in [1.82, 2.24) is 4.98 Å². The molecule has 0 amide bonds. The molecule has 17 heavy (non-hydrogen) atoms. The second-order valence-corrected chi connectivity index (χ2v) is 3.82. The Morgan fingerprint density at radius 3 is 2.76 bits per heavy atom. The van der Waals surface area contributed by atoms with E-state index in [2.05, 4.69) is 9.72 Å². The molecular formula is C11H14ClNO4. The van der Waals surface area contributed by atoms with Crippen molar-refractivity contribution < 1.29 is 19.7 Å². The Balaban J connectivity index is 2.60. The average Bonchev–Trinajstić information content (AvgIpc) is 2.29. The number of ether oxygens (including phenoxy) is 1. The Kier molecular flexibility index (Phi) is 5.34. The fraction of sp³-hybridized carbons (Fsp3) is 0.455. The fourth-order valence-corrected chi connectivity index (χ4v) is 1.40. The molecule has 5 nitrogen and oxygen atoms in total. The van der Waals surface area contributed by atoms with E-state index in [1.165, 1.54) is 18.3 Å². The van der Waals surface area contributed by atoms with Crippen molar-refractivity contribution in [2.24, 2.45) is 0 Å². The Hall–Kier alpha value is -1.17. The van der Waals surface area contributed by atoms with Gasteiger partial charge in [0.25, 0.3) is 0 Å². The summed E-state index contributed by atoms with van der Waals surface area (Å²) < 4.78 is 4.67. The number of carbonyl (C=O) groups is 1. The van der Waals surface area contributed by atoms with Crippen molar-refractivity contribution in [2.45, 2.75) is 25.6 Å². The van der Waals surface area contributed by atoms with Crippen LogP contribution in [0.3, 0.4) is 0 Å². The number of halogens is 1. The van der Waals surface area contributed by atoms with Crippen LogP contribution in [0.15, 0.2) is 18.3 Å². The maximum Gasteiger partial charge on any atom is 0.308 e. The van der Waals surface area contributed by atoms with Crippen LogP contribution in [0.2, 0.25) is 5.15 Å². The molecule has 0 saturated heterocycles. The normalized spacial score (nSPS) is 14.1. The van der Waals surface area contributed by atoms with Gasteiger partial charge in [0.1, 0.15) is 11.3 Å². The molecule has 2 N–H and O–H groups in total. The van der Waals surface area contributed by atoms with Crippen molar-refractivity contribution in [3.05, 3.63) is 29.0 Å². The van der Waals surface area contributed by atoms with E-state index in [1.54, 1.807) is 6.92 Å². The van der Waals surface area contributed by atoms with Crippen LogP contribution in [-0.4, -0.2) is 33.9 Å². The van der Waals surface area contributed by atoms with E-state index in [1.807, 2.05) is 0 Å². The molecule has 0 aromatic carbocycles. The van der Waals surface area contributed by atoms with Crippen LogP contribution < -0.4 is 0 Å². The Morgan fingerprint density at radius 2 is 2.24 bits per heavy atom. The maximum absolute atomic E-state index is 11.1. The van der Waals surface area contributed by atoms with Crippen molar-refractivity contribution in [2.75, 3.05) is 6.61 Å². The van der Waals surface area contributed by atoms with Crippen LogP contribution in [-0.2, 0) is 9.53 Å². The first kappa shape index (κ1) is 13.9. The number of aliphatic hydroxyl groups excluding tert-OH is 2. The van der Waals surface area contributed by atoms with Crippen molar-refractivity contribution in [3.63, 3.8) is 0 Å². The number of hydrogen-bond acceptors (Lipinski definition) is 5. The summed E-state index contributed by atoms with van der Waals surface area (Å²) in [6, 6.07) is 3.03. The first-order valence-corrected chi connectivity index (χ1v) is 5.55. The van der Waals surface area contributed by atoms with Gasteiger partial charge in [0, 0.05) is 11.8 Å². The highest BCUT2D eigenvalue weighted by Gasteiger charge is 2.22. The van der Waals surface area contributed by atoms with Crippen LogP contribution in [0.4, 0.5) is 0 Å². The number of esters is 1. The average molecular weight is 260 g/mol. The molecule has 1 aromatic rings. The van der Waals surface area contributed by atoms with Crippen LogP contribution in [0.25, 0.3) is 0 Å². The summed E-state index contributed by atoms with van der Waals surface area (Å²) in [6.07, 6.45) is -1.33. The molecule has 0 aliphatic rings. The molecule has 0 bridgehead atoms. The Bertz CT molecular complexity index is 368. The summed E-state index contributed by atoms with van der Waals surface area (Å²) in [7, 11) is 0. The molecule has 1 heterocycles. The van der Waals surface area contributed by atoms with Crippen molar-refractivity contribution >= 4 is 17.6 Å². The Morgan fingerprint density at radius 1 is 1.53 bits per heavy atom. The summed E-state index contributed by atoms with van der Waals surface area (Å²) in [5.41, 5.74) is 0.395. The molecule has 2 unspecified atom stereocenters. The van der Waals surface area contributed by atoms with Gasteiger partial charge in [-0.25, -0.2) is 4.98 Å². The van der Waals surface area contributed by atoms with E-state index in [0.29, 0.717) is 10.7 Å². The number of nitrogens with zero attached hydrogens (tertiary/aromatic N) is 1. The van der Waals surface area contributed by atoms with Gasteiger partial charge in [-0.3, -0.25) is 4.79 Å². The second-order valence-electron chi connectivity index (χ2n) is 3.44. The predicted molar refractivity (Wildman–Crippen MR) is 61.5 cm³/mol. The Labute approximate surface area is 104 Å². The first-order valence-electron chi connectivity index (χ1n) is 5.17. The van der Waals surface area contributed by atoms with Gasteiger partial charge in [0.15, 0.2) is 0 Å². The molecule has 0 aliphatic heterocycles. The van der Waals surface area contributed by atoms with E-state index >= 15 is 0 Å². The van der Waals surface area contributed by atoms with Crippen LogP contribution in [0, 0.1) is 0 Å². The minimum Gasteiger partial charge on any atom is -0.466 e. The number of carbonyl (C=O) groups excluding carboxylic acids is 1. The zero-order chi connectivity index (χ0) is 12.8. The lowest BCUT2D eigenvalue weighted by Gasteiger charge is -2.16. The van der Waals surface area contributed by atoms with E-state index in [9.17, 15) is 15.0 Å². The zero-order valence-electron chi connectivity index (χ0n) is 9.34. The monoisotopic (exact) mass is 259 g/mol. The van der Waals surface area contributed by atoms with Gasteiger partial charge in [-0.05, 0) is 13.0 Å². The molecule has 2 atom stereocenters. The number of rotatable bonds is 5. The molecule has 0 radical (unpaired) electrons. The minimum atomic E-state index is -1.22. The van der Waals surface area contributed by atoms with Gasteiger partial charge in [-0.15, -0.1) is 0 Å².